The van der Waals surface area contributed by atoms with Gasteiger partial charge < -0.3 is 10.6 Å². The number of nitrogens with one attached hydrogen (secondary N) is 2. The molecule has 1 aliphatic rings. The predicted molar refractivity (Wildman–Crippen MR) is 108 cm³/mol. The minimum absolute atomic E-state index is 0.179. The van der Waals surface area contributed by atoms with Crippen LogP contribution in [0.5, 0.6) is 0 Å². The summed E-state index contributed by atoms with van der Waals surface area (Å²) in [5.41, 5.74) is 1.03. The van der Waals surface area contributed by atoms with Crippen LogP contribution in [-0.2, 0) is 0 Å². The minimum atomic E-state index is -0.179. The Hall–Kier alpha value is -2.02. The average molecular weight is 377 g/mol. The number of amides is 2. The molecule has 0 aromatic heterocycles. The predicted octanol–water partition coefficient (Wildman–Crippen LogP) is 2.37. The van der Waals surface area contributed by atoms with Crippen molar-refractivity contribution < 1.29 is 9.59 Å². The number of imide groups is 1. The number of carbonyl (C=O) groups excluding carboxylic acids is 2. The summed E-state index contributed by atoms with van der Waals surface area (Å²) in [6.07, 6.45) is 6.08. The maximum atomic E-state index is 12.3. The van der Waals surface area contributed by atoms with Gasteiger partial charge in [0, 0.05) is 26.7 Å². The summed E-state index contributed by atoms with van der Waals surface area (Å²) in [7, 11) is 1.76. The molecule has 0 aliphatic carbocycles. The zero-order valence-electron chi connectivity index (χ0n) is 15.6. The maximum absolute atomic E-state index is 12.3. The summed E-state index contributed by atoms with van der Waals surface area (Å²) < 4.78 is 0. The van der Waals surface area contributed by atoms with E-state index in [0.717, 1.165) is 38.3 Å². The van der Waals surface area contributed by atoms with Crippen LogP contribution in [0, 0.1) is 0 Å². The van der Waals surface area contributed by atoms with Crippen LogP contribution in [0.1, 0.15) is 46.4 Å². The van der Waals surface area contributed by atoms with E-state index in [-0.39, 0.29) is 11.8 Å². The van der Waals surface area contributed by atoms with E-state index in [1.54, 1.807) is 31.3 Å². The molecule has 142 valence electrons. The van der Waals surface area contributed by atoms with Gasteiger partial charge in [0.1, 0.15) is 0 Å². The minimum Gasteiger partial charge on any atom is -0.356 e. The second-order valence-corrected chi connectivity index (χ2v) is 7.13. The third kappa shape index (κ3) is 5.49. The molecule has 2 amide bonds. The summed E-state index contributed by atoms with van der Waals surface area (Å²) in [6.45, 7) is 2.12. The molecule has 0 spiro atoms. The smallest absolute Gasteiger partial charge is 0.261 e. The highest BCUT2D eigenvalue weighted by atomic mass is 32.2. The van der Waals surface area contributed by atoms with Gasteiger partial charge in [0.2, 0.25) is 0 Å². The molecular weight excluding hydrogens is 348 g/mol. The largest absolute Gasteiger partial charge is 0.356 e. The number of benzene rings is 1. The normalized spacial score (nSPS) is 13.9. The molecule has 0 fully saturated rings. The van der Waals surface area contributed by atoms with Crippen LogP contribution in [-0.4, -0.2) is 61.4 Å². The van der Waals surface area contributed by atoms with Crippen molar-refractivity contribution in [2.75, 3.05) is 38.7 Å². The lowest BCUT2D eigenvalue weighted by Crippen LogP contribution is -2.38. The molecule has 1 heterocycles. The van der Waals surface area contributed by atoms with Gasteiger partial charge in [-0.3, -0.25) is 19.5 Å². The quantitative estimate of drug-likeness (QED) is 0.284. The zero-order valence-corrected chi connectivity index (χ0v) is 16.4. The lowest BCUT2D eigenvalue weighted by Gasteiger charge is -2.14. The molecule has 2 N–H and O–H groups in total. The number of fused-ring (bicyclic) bond motifs is 1. The van der Waals surface area contributed by atoms with Crippen LogP contribution in [0.2, 0.25) is 0 Å². The van der Waals surface area contributed by atoms with Crippen LogP contribution >= 0.6 is 11.8 Å². The number of hydrogen-bond acceptors (Lipinski definition) is 4. The number of thioether (sulfide) groups is 1. The van der Waals surface area contributed by atoms with E-state index in [1.165, 1.54) is 17.1 Å². The summed E-state index contributed by atoms with van der Waals surface area (Å²) >= 11 is 1.87. The number of hydrogen-bond donors (Lipinski definition) is 2. The van der Waals surface area contributed by atoms with Crippen molar-refractivity contribution in [2.45, 2.75) is 25.7 Å². The Morgan fingerprint density at radius 1 is 1.00 bits per heavy atom. The highest BCUT2D eigenvalue weighted by molar-refractivity contribution is 7.98. The van der Waals surface area contributed by atoms with Gasteiger partial charge in [-0.05, 0) is 49.8 Å². The van der Waals surface area contributed by atoms with Gasteiger partial charge in [-0.2, -0.15) is 11.8 Å². The van der Waals surface area contributed by atoms with Crippen LogP contribution in [0.15, 0.2) is 29.3 Å². The zero-order chi connectivity index (χ0) is 18.8. The van der Waals surface area contributed by atoms with Crippen LogP contribution < -0.4 is 10.6 Å². The third-order valence-corrected chi connectivity index (χ3v) is 4.97. The van der Waals surface area contributed by atoms with Gasteiger partial charge in [-0.1, -0.05) is 12.1 Å². The van der Waals surface area contributed by atoms with Gasteiger partial charge in [-0.25, -0.2) is 0 Å². The van der Waals surface area contributed by atoms with E-state index >= 15 is 0 Å². The van der Waals surface area contributed by atoms with Gasteiger partial charge >= 0.3 is 0 Å². The molecule has 0 unspecified atom stereocenters. The molecule has 0 saturated heterocycles. The van der Waals surface area contributed by atoms with Crippen molar-refractivity contribution in [2.24, 2.45) is 4.99 Å². The molecule has 0 saturated carbocycles. The Labute approximate surface area is 159 Å². The molecule has 0 radical (unpaired) electrons. The fourth-order valence-corrected chi connectivity index (χ4v) is 3.34. The first-order valence-electron chi connectivity index (χ1n) is 9.07. The highest BCUT2D eigenvalue weighted by Gasteiger charge is 2.34. The van der Waals surface area contributed by atoms with Crippen LogP contribution in [0.25, 0.3) is 0 Å². The first-order chi connectivity index (χ1) is 12.7. The molecule has 2 rings (SSSR count). The molecule has 1 aromatic carbocycles. The number of unbranched alkanes of at least 4 members (excludes halogenated alkanes) is 2. The van der Waals surface area contributed by atoms with Gasteiger partial charge in [0.05, 0.1) is 11.1 Å². The number of nitrogens with zero attached hydrogens (tertiary/aromatic N) is 2. The van der Waals surface area contributed by atoms with Crippen molar-refractivity contribution in [3.63, 3.8) is 0 Å². The SMILES string of the molecule is CN=C(NCCCCSC)NCCCCN1C(=O)c2ccccc2C1=O. The maximum Gasteiger partial charge on any atom is 0.261 e. The van der Waals surface area contributed by atoms with Gasteiger partial charge in [-0.15, -0.1) is 0 Å². The lowest BCUT2D eigenvalue weighted by atomic mass is 10.1. The Morgan fingerprint density at radius 2 is 1.58 bits per heavy atom. The van der Waals surface area contributed by atoms with E-state index < -0.39 is 0 Å². The Bertz CT molecular complexity index is 613. The lowest BCUT2D eigenvalue weighted by molar-refractivity contribution is 0.0652. The Kier molecular flexibility index (Phi) is 8.47. The van der Waals surface area contributed by atoms with Crippen molar-refractivity contribution in [1.29, 1.82) is 0 Å². The molecule has 1 aliphatic heterocycles. The van der Waals surface area contributed by atoms with Crippen molar-refractivity contribution in [3.05, 3.63) is 35.4 Å². The van der Waals surface area contributed by atoms with Gasteiger partial charge in [0.25, 0.3) is 11.8 Å². The Balaban J connectivity index is 1.63. The first-order valence-corrected chi connectivity index (χ1v) is 10.5. The molecule has 7 heteroatoms. The fourth-order valence-electron chi connectivity index (χ4n) is 2.84. The third-order valence-electron chi connectivity index (χ3n) is 4.27. The summed E-state index contributed by atoms with van der Waals surface area (Å²) in [5.74, 6) is 1.63. The summed E-state index contributed by atoms with van der Waals surface area (Å²) in [5, 5.41) is 6.57. The second-order valence-electron chi connectivity index (χ2n) is 6.14. The molecule has 6 nitrogen and oxygen atoms in total. The molecular formula is C19H28N4O2S. The summed E-state index contributed by atoms with van der Waals surface area (Å²) in [6, 6.07) is 7.01. The average Bonchev–Trinajstić information content (AvgIpc) is 2.91. The van der Waals surface area contributed by atoms with Crippen LogP contribution in [0.3, 0.4) is 0 Å². The first kappa shape index (κ1) is 20.3. The van der Waals surface area contributed by atoms with Gasteiger partial charge in [0.15, 0.2) is 5.96 Å². The summed E-state index contributed by atoms with van der Waals surface area (Å²) in [4.78, 5) is 30.1. The monoisotopic (exact) mass is 376 g/mol. The number of carbonyl (C=O) groups is 2. The number of rotatable bonds is 10. The molecule has 26 heavy (non-hydrogen) atoms. The topological polar surface area (TPSA) is 73.8 Å². The molecule has 1 aromatic rings. The standard InChI is InChI=1S/C19H28N4O2S/c1-20-19(22-12-6-8-14-26-2)21-11-5-7-13-23-17(24)15-9-3-4-10-16(15)18(23)25/h3-4,9-10H,5-8,11-14H2,1-2H3,(H2,20,21,22). The number of guanidine groups is 1. The molecule has 0 atom stereocenters. The second kappa shape index (κ2) is 10.9. The number of aliphatic imine (C=N–C) groups is 1. The fraction of sp³-hybridized carbons (Fsp3) is 0.526. The van der Waals surface area contributed by atoms with Crippen molar-refractivity contribution in [3.8, 4) is 0 Å². The van der Waals surface area contributed by atoms with E-state index in [9.17, 15) is 9.59 Å². The van der Waals surface area contributed by atoms with E-state index in [1.807, 2.05) is 11.8 Å². The van der Waals surface area contributed by atoms with Crippen molar-refractivity contribution in [1.82, 2.24) is 15.5 Å². The van der Waals surface area contributed by atoms with Crippen LogP contribution in [0.4, 0.5) is 0 Å². The van der Waals surface area contributed by atoms with E-state index in [0.29, 0.717) is 17.7 Å². The Morgan fingerprint density at radius 3 is 2.12 bits per heavy atom. The molecule has 0 bridgehead atoms. The van der Waals surface area contributed by atoms with E-state index in [2.05, 4.69) is 21.9 Å². The highest BCUT2D eigenvalue weighted by Crippen LogP contribution is 2.22. The van der Waals surface area contributed by atoms with Crippen molar-refractivity contribution >= 4 is 29.5 Å². The van der Waals surface area contributed by atoms with E-state index in [4.69, 9.17) is 0 Å².